The topological polar surface area (TPSA) is 105 Å². The molecule has 0 fully saturated rings. The van der Waals surface area contributed by atoms with Crippen molar-refractivity contribution in [1.29, 1.82) is 0 Å². The summed E-state index contributed by atoms with van der Waals surface area (Å²) in [5.74, 6) is -3.55. The fourth-order valence-electron chi connectivity index (χ4n) is 3.44. The molecule has 0 aliphatic rings. The number of aromatic amines is 1. The van der Waals surface area contributed by atoms with E-state index < -0.39 is 44.5 Å². The zero-order chi connectivity index (χ0) is 27.0. The molecule has 2 N–H and O–H groups in total. The van der Waals surface area contributed by atoms with Crippen molar-refractivity contribution in [1.82, 2.24) is 4.98 Å². The van der Waals surface area contributed by atoms with Crippen LogP contribution in [0.2, 0.25) is 0 Å². The quantitative estimate of drug-likeness (QED) is 0.207. The van der Waals surface area contributed by atoms with Crippen LogP contribution in [0.4, 0.5) is 27.6 Å². The maximum atomic E-state index is 13.4. The summed E-state index contributed by atoms with van der Waals surface area (Å²) in [6.45, 7) is 0. The molecule has 0 atom stereocenters. The van der Waals surface area contributed by atoms with Crippen LogP contribution in [0.1, 0.15) is 21.6 Å². The first-order valence-corrected chi connectivity index (χ1v) is 11.8. The standard InChI is InChI=1S/C24H15F5N2O5S/c25-19-9-4-13(11-20(19)26)10-15-6-8-17(22(32)30-15)23(33)31-21-3-1-2-14-5-7-16(12-18(14)21)36-37(34,35)24(27,28)29/h1-9,11-12H,10H2,(H,30,32)(H,31,33). The first-order valence-electron chi connectivity index (χ1n) is 10.3. The summed E-state index contributed by atoms with van der Waals surface area (Å²) in [7, 11) is -5.91. The zero-order valence-electron chi connectivity index (χ0n) is 18.4. The van der Waals surface area contributed by atoms with E-state index in [1.165, 1.54) is 36.4 Å². The Balaban J connectivity index is 1.58. The predicted octanol–water partition coefficient (Wildman–Crippen LogP) is 4.88. The number of benzene rings is 3. The molecule has 1 aromatic heterocycles. The largest absolute Gasteiger partial charge is 0.534 e. The number of carbonyl (C=O) groups is 1. The van der Waals surface area contributed by atoms with Gasteiger partial charge in [0, 0.05) is 23.2 Å². The van der Waals surface area contributed by atoms with Gasteiger partial charge in [0.2, 0.25) is 0 Å². The fraction of sp³-hybridized carbons (Fsp3) is 0.0833. The third kappa shape index (κ3) is 5.61. The van der Waals surface area contributed by atoms with Gasteiger partial charge in [-0.2, -0.15) is 21.6 Å². The third-order valence-electron chi connectivity index (χ3n) is 5.18. The minimum absolute atomic E-state index is 0.0568. The van der Waals surface area contributed by atoms with E-state index in [4.69, 9.17) is 0 Å². The van der Waals surface area contributed by atoms with Gasteiger partial charge in [0.1, 0.15) is 11.3 Å². The Morgan fingerprint density at radius 2 is 1.70 bits per heavy atom. The summed E-state index contributed by atoms with van der Waals surface area (Å²) >= 11 is 0. The number of pyridine rings is 1. The molecule has 7 nitrogen and oxygen atoms in total. The van der Waals surface area contributed by atoms with Crippen LogP contribution in [0.25, 0.3) is 10.8 Å². The molecule has 0 aliphatic carbocycles. The monoisotopic (exact) mass is 538 g/mol. The number of aromatic nitrogens is 1. The first kappa shape index (κ1) is 25.8. The van der Waals surface area contributed by atoms with Gasteiger partial charge in [-0.3, -0.25) is 9.59 Å². The number of halogens is 5. The van der Waals surface area contributed by atoms with Crippen molar-refractivity contribution in [2.24, 2.45) is 0 Å². The minimum Gasteiger partial charge on any atom is -0.376 e. The Labute approximate surface area is 205 Å². The van der Waals surface area contributed by atoms with Crippen molar-refractivity contribution in [3.63, 3.8) is 0 Å². The lowest BCUT2D eigenvalue weighted by molar-refractivity contribution is -0.0500. The molecule has 3 aromatic carbocycles. The molecule has 13 heteroatoms. The third-order valence-corrected chi connectivity index (χ3v) is 6.16. The van der Waals surface area contributed by atoms with Gasteiger partial charge in [-0.05, 0) is 53.4 Å². The van der Waals surface area contributed by atoms with E-state index in [0.29, 0.717) is 16.6 Å². The Morgan fingerprint density at radius 1 is 0.946 bits per heavy atom. The zero-order valence-corrected chi connectivity index (χ0v) is 19.2. The van der Waals surface area contributed by atoms with Gasteiger partial charge < -0.3 is 14.5 Å². The number of hydrogen-bond acceptors (Lipinski definition) is 5. The van der Waals surface area contributed by atoms with E-state index in [-0.39, 0.29) is 23.1 Å². The number of amides is 1. The molecule has 0 radical (unpaired) electrons. The van der Waals surface area contributed by atoms with Crippen LogP contribution in [0.15, 0.2) is 71.5 Å². The molecule has 1 amide bonds. The van der Waals surface area contributed by atoms with E-state index in [2.05, 4.69) is 14.5 Å². The maximum Gasteiger partial charge on any atom is 0.534 e. The number of fused-ring (bicyclic) bond motifs is 1. The summed E-state index contributed by atoms with van der Waals surface area (Å²) in [4.78, 5) is 27.8. The maximum absolute atomic E-state index is 13.4. The Hall–Kier alpha value is -4.26. The van der Waals surface area contributed by atoms with Crippen molar-refractivity contribution >= 4 is 32.5 Å². The molecular formula is C24H15F5N2O5S. The highest BCUT2D eigenvalue weighted by Gasteiger charge is 2.48. The van der Waals surface area contributed by atoms with Gasteiger partial charge in [-0.25, -0.2) is 8.78 Å². The second kappa shape index (κ2) is 9.65. The molecule has 37 heavy (non-hydrogen) atoms. The Bertz CT molecular complexity index is 1680. The summed E-state index contributed by atoms with van der Waals surface area (Å²) in [6, 6.07) is 13.7. The summed E-state index contributed by atoms with van der Waals surface area (Å²) in [5, 5.41) is 3.05. The molecule has 0 spiro atoms. The van der Waals surface area contributed by atoms with Crippen LogP contribution < -0.4 is 15.1 Å². The lowest BCUT2D eigenvalue weighted by Gasteiger charge is -2.12. The molecule has 0 bridgehead atoms. The molecule has 1 heterocycles. The number of alkyl halides is 3. The van der Waals surface area contributed by atoms with Gasteiger partial charge >= 0.3 is 15.6 Å². The molecule has 0 saturated carbocycles. The predicted molar refractivity (Wildman–Crippen MR) is 124 cm³/mol. The van der Waals surface area contributed by atoms with Crippen LogP contribution >= 0.6 is 0 Å². The van der Waals surface area contributed by atoms with Crippen LogP contribution in [-0.4, -0.2) is 24.8 Å². The molecule has 0 unspecified atom stereocenters. The van der Waals surface area contributed by atoms with Crippen molar-refractivity contribution in [3.05, 3.63) is 106 Å². The van der Waals surface area contributed by atoms with E-state index in [9.17, 15) is 40.0 Å². The number of nitrogens with one attached hydrogen (secondary N) is 2. The summed E-state index contributed by atoms with van der Waals surface area (Å²) < 4.78 is 91.3. The van der Waals surface area contributed by atoms with Gasteiger partial charge in [0.25, 0.3) is 11.5 Å². The van der Waals surface area contributed by atoms with Crippen molar-refractivity contribution in [2.75, 3.05) is 5.32 Å². The number of carbonyl (C=O) groups excluding carboxylic acids is 1. The SMILES string of the molecule is O=C(Nc1cccc2ccc(OS(=O)(=O)C(F)(F)F)cc12)c1ccc(Cc2ccc(F)c(F)c2)[nH]c1=O. The number of hydrogen-bond donors (Lipinski definition) is 2. The minimum atomic E-state index is -5.91. The Morgan fingerprint density at radius 3 is 2.38 bits per heavy atom. The average molecular weight is 538 g/mol. The highest BCUT2D eigenvalue weighted by Crippen LogP contribution is 2.31. The molecule has 0 saturated heterocycles. The number of anilines is 1. The second-order valence-corrected chi connectivity index (χ2v) is 9.32. The first-order chi connectivity index (χ1) is 17.3. The van der Waals surface area contributed by atoms with Gasteiger partial charge in [0.15, 0.2) is 11.6 Å². The molecule has 4 rings (SSSR count). The van der Waals surface area contributed by atoms with Gasteiger partial charge in [-0.15, -0.1) is 0 Å². The second-order valence-electron chi connectivity index (χ2n) is 7.78. The summed E-state index contributed by atoms with van der Waals surface area (Å²) in [6.07, 6.45) is 0.0568. The highest BCUT2D eigenvalue weighted by molar-refractivity contribution is 7.88. The lowest BCUT2D eigenvalue weighted by atomic mass is 10.1. The van der Waals surface area contributed by atoms with E-state index in [0.717, 1.165) is 24.3 Å². The summed E-state index contributed by atoms with van der Waals surface area (Å²) in [5.41, 5.74) is -5.94. The van der Waals surface area contributed by atoms with Crippen LogP contribution in [0.3, 0.4) is 0 Å². The molecular weight excluding hydrogens is 523 g/mol. The molecule has 192 valence electrons. The highest BCUT2D eigenvalue weighted by atomic mass is 32.2. The lowest BCUT2D eigenvalue weighted by Crippen LogP contribution is -2.28. The van der Waals surface area contributed by atoms with Crippen molar-refractivity contribution < 1.29 is 39.3 Å². The van der Waals surface area contributed by atoms with Crippen LogP contribution in [0, 0.1) is 11.6 Å². The van der Waals surface area contributed by atoms with Gasteiger partial charge in [-0.1, -0.05) is 24.3 Å². The molecule has 4 aromatic rings. The fourth-order valence-corrected chi connectivity index (χ4v) is 3.89. The van der Waals surface area contributed by atoms with E-state index >= 15 is 0 Å². The van der Waals surface area contributed by atoms with E-state index in [1.54, 1.807) is 6.07 Å². The number of rotatable bonds is 6. The van der Waals surface area contributed by atoms with Gasteiger partial charge in [0.05, 0.1) is 0 Å². The molecule has 0 aliphatic heterocycles. The number of H-pyrrole nitrogens is 1. The van der Waals surface area contributed by atoms with E-state index in [1.807, 2.05) is 0 Å². The van der Waals surface area contributed by atoms with Crippen LogP contribution in [0.5, 0.6) is 5.75 Å². The smallest absolute Gasteiger partial charge is 0.376 e. The van der Waals surface area contributed by atoms with Crippen molar-refractivity contribution in [3.8, 4) is 5.75 Å². The average Bonchev–Trinajstić information content (AvgIpc) is 2.81. The normalized spacial score (nSPS) is 11.9. The van der Waals surface area contributed by atoms with Crippen LogP contribution in [-0.2, 0) is 16.5 Å². The van der Waals surface area contributed by atoms with Crippen molar-refractivity contribution in [2.45, 2.75) is 11.9 Å². The Kier molecular flexibility index (Phi) is 6.74.